The maximum Gasteiger partial charge on any atom is 0.279 e. The van der Waals surface area contributed by atoms with Crippen LogP contribution in [0.25, 0.3) is 10.9 Å². The fourth-order valence-electron chi connectivity index (χ4n) is 7.13. The summed E-state index contributed by atoms with van der Waals surface area (Å²) >= 11 is 0. The van der Waals surface area contributed by atoms with E-state index in [-0.39, 0.29) is 28.8 Å². The van der Waals surface area contributed by atoms with Gasteiger partial charge in [0, 0.05) is 39.2 Å². The summed E-state index contributed by atoms with van der Waals surface area (Å²) in [5, 5.41) is 94.2. The summed E-state index contributed by atoms with van der Waals surface area (Å²) in [6.07, 6.45) is -15.9. The molecule has 20 heteroatoms. The Morgan fingerprint density at radius 1 is 0.870 bits per heavy atom. The number of carbonyl (C=O) groups excluding carboxylic acids is 2. The van der Waals surface area contributed by atoms with Gasteiger partial charge in [-0.3, -0.25) is 19.7 Å². The molecular formula is C34H42N4O16. The van der Waals surface area contributed by atoms with Crippen molar-refractivity contribution in [3.05, 3.63) is 69.9 Å². The summed E-state index contributed by atoms with van der Waals surface area (Å²) in [7, 11) is 2.58. The summed E-state index contributed by atoms with van der Waals surface area (Å²) < 4.78 is 23.0. The summed E-state index contributed by atoms with van der Waals surface area (Å²) in [5.41, 5.74) is -1.47. The second-order valence-electron chi connectivity index (χ2n) is 13.5. The van der Waals surface area contributed by atoms with Gasteiger partial charge in [-0.1, -0.05) is 18.2 Å². The van der Waals surface area contributed by atoms with E-state index in [4.69, 9.17) is 18.9 Å². The minimum Gasteiger partial charge on any atom is -0.462 e. The van der Waals surface area contributed by atoms with Gasteiger partial charge < -0.3 is 74.6 Å². The van der Waals surface area contributed by atoms with E-state index in [1.54, 1.807) is 6.07 Å². The monoisotopic (exact) mass is 762 g/mol. The van der Waals surface area contributed by atoms with E-state index >= 15 is 0 Å². The Bertz CT molecular complexity index is 1860. The van der Waals surface area contributed by atoms with Crippen LogP contribution < -0.4 is 4.74 Å². The molecule has 0 aliphatic carbocycles. The number of aliphatic hydroxyl groups excluding tert-OH is 8. The zero-order valence-electron chi connectivity index (χ0n) is 29.0. The third-order valence-corrected chi connectivity index (χ3v) is 10.3. The average molecular weight is 763 g/mol. The van der Waals surface area contributed by atoms with Gasteiger partial charge in [0.2, 0.25) is 17.9 Å². The number of fused-ring (bicyclic) bond motifs is 1. The number of H-pyrrole nitrogens is 1. The molecule has 3 fully saturated rings. The molecule has 3 aromatic rings. The number of rotatable bonds is 11. The van der Waals surface area contributed by atoms with Gasteiger partial charge in [-0.2, -0.15) is 0 Å². The number of nitrogens with zero attached hydrogens (tertiary/aromatic N) is 3. The fraction of sp³-hybridized carbons (Fsp3) is 0.529. The van der Waals surface area contributed by atoms with Gasteiger partial charge in [0.05, 0.1) is 29.0 Å². The minimum absolute atomic E-state index is 0.0178. The Morgan fingerprint density at radius 3 is 2.11 bits per heavy atom. The molecular weight excluding hydrogens is 720 g/mol. The lowest BCUT2D eigenvalue weighted by Crippen LogP contribution is -2.74. The number of aromatic amines is 1. The third-order valence-electron chi connectivity index (χ3n) is 10.3. The first kappa shape index (κ1) is 39.4. The largest absolute Gasteiger partial charge is 0.462 e. The summed E-state index contributed by atoms with van der Waals surface area (Å²) in [6, 6.07) is 9.09. The first-order valence-electron chi connectivity index (χ1n) is 17.0. The summed E-state index contributed by atoms with van der Waals surface area (Å²) in [5.74, 6) is -1.52. The second kappa shape index (κ2) is 15.4. The number of amides is 2. The highest BCUT2D eigenvalue weighted by Crippen LogP contribution is 2.38. The Hall–Kier alpha value is -4.32. The average Bonchev–Trinajstić information content (AvgIpc) is 3.58. The molecule has 3 saturated heterocycles. The molecule has 0 spiro atoms. The summed E-state index contributed by atoms with van der Waals surface area (Å²) in [6.45, 7) is -1.51. The van der Waals surface area contributed by atoms with Gasteiger partial charge in [-0.05, 0) is 29.3 Å². The highest BCUT2D eigenvalue weighted by Gasteiger charge is 2.58. The molecule has 0 bridgehead atoms. The maximum absolute atomic E-state index is 14.7. The van der Waals surface area contributed by atoms with Crippen LogP contribution in [0.2, 0.25) is 0 Å². The smallest absolute Gasteiger partial charge is 0.279 e. The summed E-state index contributed by atoms with van der Waals surface area (Å²) in [4.78, 5) is 45.4. The van der Waals surface area contributed by atoms with Crippen LogP contribution in [-0.4, -0.2) is 173 Å². The standard InChI is InChI=1S/C34H42N4O16/c1-36-20(10-16-12-35-18-7-4-8-19(23(16)18)38(49)50)30(47)37(2)34(33(36)48,54-32-29(46)27(44)25(42)22(14-40)53-32)11-15-5-3-6-17(9-15)51-31-28(45)26(43)24(41)21(13-39)52-31/h3-9,12,20-22,24-29,31-32,35,39-46H,10-11,13-14H2,1-2H3/t20-,21+,22+,24+,25+,26-,27-,28+,29+,31+,32-,34+/m0/s1. The molecule has 2 amide bonds. The Labute approximate surface area is 306 Å². The predicted molar refractivity (Wildman–Crippen MR) is 180 cm³/mol. The van der Waals surface area contributed by atoms with E-state index < -0.39 is 110 Å². The first-order valence-corrected chi connectivity index (χ1v) is 17.0. The Balaban J connectivity index is 1.35. The van der Waals surface area contributed by atoms with Crippen LogP contribution in [0.1, 0.15) is 11.1 Å². The molecule has 0 saturated carbocycles. The van der Waals surface area contributed by atoms with Crippen molar-refractivity contribution in [3.63, 3.8) is 0 Å². The van der Waals surface area contributed by atoms with Crippen molar-refractivity contribution < 1.29 is 74.3 Å². The van der Waals surface area contributed by atoms with Gasteiger partial charge in [0.1, 0.15) is 60.6 Å². The van der Waals surface area contributed by atoms with Crippen LogP contribution in [0.3, 0.4) is 0 Å². The van der Waals surface area contributed by atoms with Crippen LogP contribution in [0.4, 0.5) is 5.69 Å². The highest BCUT2D eigenvalue weighted by atomic mass is 16.7. The van der Waals surface area contributed by atoms with Crippen molar-refractivity contribution in [2.24, 2.45) is 0 Å². The van der Waals surface area contributed by atoms with E-state index in [2.05, 4.69) is 4.98 Å². The molecule has 12 atom stereocenters. The number of hydrogen-bond acceptors (Lipinski definition) is 16. The molecule has 294 valence electrons. The van der Waals surface area contributed by atoms with Crippen molar-refractivity contribution in [3.8, 4) is 5.75 Å². The molecule has 0 unspecified atom stereocenters. The van der Waals surface area contributed by atoms with E-state index in [0.717, 1.165) is 9.80 Å². The number of non-ortho nitro benzene ring substituents is 1. The molecule has 3 aliphatic rings. The third kappa shape index (κ3) is 6.90. The van der Waals surface area contributed by atoms with Crippen molar-refractivity contribution in [1.82, 2.24) is 14.8 Å². The van der Waals surface area contributed by atoms with Crippen LogP contribution in [0.5, 0.6) is 5.75 Å². The van der Waals surface area contributed by atoms with Crippen molar-refractivity contribution in [2.45, 2.75) is 86.0 Å². The number of hydrogen-bond donors (Lipinski definition) is 9. The van der Waals surface area contributed by atoms with Crippen molar-refractivity contribution in [1.29, 1.82) is 0 Å². The molecule has 0 radical (unpaired) electrons. The number of aromatic nitrogens is 1. The SMILES string of the molecule is CN1C(=O)[C@@](Cc2cccc(O[C@@H]3O[C@H](CO)[C@@H](O)[C@H](O)[C@H]3O)c2)(O[C@@H]2O[C@H](CO)[C@@H](O)[C@H](O)[C@H]2O)N(C)C(=O)[C@@H]1Cc1c[nH]c2cccc([N+](=O)[O-])c12. The zero-order valence-corrected chi connectivity index (χ0v) is 29.0. The normalized spacial score (nSPS) is 34.7. The van der Waals surface area contributed by atoms with E-state index in [1.165, 1.54) is 56.7 Å². The number of carbonyl (C=O) groups is 2. The van der Waals surface area contributed by atoms with Gasteiger partial charge in [-0.15, -0.1) is 0 Å². The molecule has 3 aliphatic heterocycles. The van der Waals surface area contributed by atoms with Gasteiger partial charge >= 0.3 is 0 Å². The van der Waals surface area contributed by atoms with Gasteiger partial charge in [0.15, 0.2) is 6.29 Å². The maximum atomic E-state index is 14.7. The number of likely N-dealkylation sites (N-methyl/N-ethyl adjacent to an activating group) is 2. The molecule has 4 heterocycles. The lowest BCUT2D eigenvalue weighted by Gasteiger charge is -2.52. The number of nitro benzene ring substituents is 1. The van der Waals surface area contributed by atoms with Gasteiger partial charge in [-0.25, -0.2) is 0 Å². The number of benzene rings is 2. The van der Waals surface area contributed by atoms with E-state index in [1.807, 2.05) is 0 Å². The predicted octanol–water partition coefficient (Wildman–Crippen LogP) is -3.15. The van der Waals surface area contributed by atoms with Crippen LogP contribution >= 0.6 is 0 Å². The van der Waals surface area contributed by atoms with Crippen LogP contribution in [0, 0.1) is 10.1 Å². The molecule has 20 nitrogen and oxygen atoms in total. The second-order valence-corrected chi connectivity index (χ2v) is 13.5. The number of piperazine rings is 1. The molecule has 2 aromatic carbocycles. The van der Waals surface area contributed by atoms with Crippen LogP contribution in [0.15, 0.2) is 48.7 Å². The number of nitro groups is 1. The van der Waals surface area contributed by atoms with E-state index in [9.17, 15) is 60.6 Å². The minimum atomic E-state index is -2.34. The number of nitrogens with one attached hydrogen (secondary N) is 1. The lowest BCUT2D eigenvalue weighted by molar-refractivity contribution is -0.383. The van der Waals surface area contributed by atoms with Crippen molar-refractivity contribution >= 4 is 28.4 Å². The quantitative estimate of drug-likeness (QED) is 0.0689. The van der Waals surface area contributed by atoms with Crippen LogP contribution in [-0.2, 0) is 36.6 Å². The molecule has 54 heavy (non-hydrogen) atoms. The van der Waals surface area contributed by atoms with E-state index in [0.29, 0.717) is 11.1 Å². The molecule has 1 aromatic heterocycles. The Morgan fingerprint density at radius 2 is 1.48 bits per heavy atom. The first-order chi connectivity index (χ1) is 25.6. The topological polar surface area (TPSA) is 298 Å². The lowest BCUT2D eigenvalue weighted by atomic mass is 9.91. The number of ether oxygens (including phenoxy) is 4. The zero-order chi connectivity index (χ0) is 39.2. The Kier molecular flexibility index (Phi) is 11.3. The van der Waals surface area contributed by atoms with Crippen molar-refractivity contribution in [2.75, 3.05) is 27.3 Å². The van der Waals surface area contributed by atoms with Gasteiger partial charge in [0.25, 0.3) is 11.6 Å². The molecule has 9 N–H and O–H groups in total. The fourth-order valence-corrected chi connectivity index (χ4v) is 7.13. The number of aliphatic hydroxyl groups is 8. The highest BCUT2D eigenvalue weighted by molar-refractivity contribution is 6.00. The molecule has 6 rings (SSSR count).